The van der Waals surface area contributed by atoms with Crippen LogP contribution in [-0.4, -0.2) is 0 Å². The zero-order valence-corrected chi connectivity index (χ0v) is 10.9. The Morgan fingerprint density at radius 3 is 1.15 bits per heavy atom. The largest absolute Gasteiger partial charge is 1.00 e. The fourth-order valence-electron chi connectivity index (χ4n) is 1.26. The smallest absolute Gasteiger partial charge is 1.00 e. The Morgan fingerprint density at radius 2 is 0.846 bits per heavy atom. The predicted molar refractivity (Wildman–Crippen MR) is 53.0 cm³/mol. The van der Waals surface area contributed by atoms with E-state index in [9.17, 15) is 0 Å². The van der Waals surface area contributed by atoms with E-state index in [1.165, 1.54) is 11.1 Å². The molecule has 0 aliphatic carbocycles. The summed E-state index contributed by atoms with van der Waals surface area (Å²) in [5, 5.41) is 0. The zero-order valence-electron chi connectivity index (χ0n) is 8.77. The van der Waals surface area contributed by atoms with Gasteiger partial charge in [0.15, 0.2) is 0 Å². The minimum Gasteiger partial charge on any atom is -1.00 e. The molecule has 2 aromatic carbocycles. The maximum absolute atomic E-state index is 2.12. The Kier molecular flexibility index (Phi) is 4.92. The van der Waals surface area contributed by atoms with Crippen molar-refractivity contribution >= 4 is 0 Å². The average Bonchev–Trinajstić information content (AvgIpc) is 2.21. The van der Waals surface area contributed by atoms with Crippen LogP contribution >= 0.6 is 0 Å². The average molecular weight is 194 g/mol. The first kappa shape index (κ1) is 11.2. The Bertz CT molecular complexity index is 308. The molecule has 0 amide bonds. The molecule has 0 aliphatic rings. The van der Waals surface area contributed by atoms with E-state index in [-0.39, 0.29) is 52.8 Å². The summed E-state index contributed by atoms with van der Waals surface area (Å²) in [6.45, 7) is 0. The molecule has 60 valence electrons. The molecule has 0 bridgehead atoms. The van der Waals surface area contributed by atoms with Crippen molar-refractivity contribution in [2.75, 3.05) is 0 Å². The minimum absolute atomic E-state index is 0. The Hall–Kier alpha value is 0.0764. The van der Waals surface area contributed by atoms with Gasteiger partial charge in [-0.2, -0.15) is 0 Å². The van der Waals surface area contributed by atoms with Crippen molar-refractivity contribution in [3.63, 3.8) is 0 Å². The number of rotatable bonds is 1. The summed E-state index contributed by atoms with van der Waals surface area (Å²) in [7, 11) is 0. The third-order valence-corrected chi connectivity index (χ3v) is 1.88. The van der Waals surface area contributed by atoms with Gasteiger partial charge in [0, 0.05) is 0 Å². The van der Waals surface area contributed by atoms with E-state index in [1.54, 1.807) is 0 Å². The molecule has 0 aliphatic heterocycles. The molecule has 0 atom stereocenters. The summed E-state index contributed by atoms with van der Waals surface area (Å²) in [6, 6.07) is 20.8. The zero-order chi connectivity index (χ0) is 8.23. The first-order valence-electron chi connectivity index (χ1n) is 4.07. The van der Waals surface area contributed by atoms with Crippen LogP contribution in [0.1, 0.15) is 1.43 Å². The van der Waals surface area contributed by atoms with Gasteiger partial charge in [0.2, 0.25) is 0 Å². The van der Waals surface area contributed by atoms with Gasteiger partial charge in [-0.15, -0.1) is 0 Å². The van der Waals surface area contributed by atoms with Gasteiger partial charge in [-0.1, -0.05) is 60.7 Å². The van der Waals surface area contributed by atoms with Crippen molar-refractivity contribution in [2.45, 2.75) is 0 Å². The minimum atomic E-state index is 0. The van der Waals surface area contributed by atoms with Crippen LogP contribution in [0, 0.1) is 0 Å². The summed E-state index contributed by atoms with van der Waals surface area (Å²) >= 11 is 0. The summed E-state index contributed by atoms with van der Waals surface area (Å²) < 4.78 is 0. The molecule has 0 saturated carbocycles. The molecule has 1 heteroatoms. The standard InChI is InChI=1S/C12H10.K.H/c1-3-7-11(8-4-1)12-9-5-2-6-10-12;;/h1-10H;;/q;+1;-1. The van der Waals surface area contributed by atoms with Crippen molar-refractivity contribution in [3.8, 4) is 11.1 Å². The van der Waals surface area contributed by atoms with Crippen LogP contribution in [0.2, 0.25) is 0 Å². The van der Waals surface area contributed by atoms with Gasteiger partial charge in [0.25, 0.3) is 0 Å². The molecule has 2 aromatic rings. The van der Waals surface area contributed by atoms with Crippen LogP contribution in [0.5, 0.6) is 0 Å². The Morgan fingerprint density at radius 1 is 0.538 bits per heavy atom. The number of hydrogen-bond donors (Lipinski definition) is 0. The van der Waals surface area contributed by atoms with Gasteiger partial charge in [0.1, 0.15) is 0 Å². The quantitative estimate of drug-likeness (QED) is 0.579. The monoisotopic (exact) mass is 194 g/mol. The first-order chi connectivity index (χ1) is 5.97. The molecule has 0 radical (unpaired) electrons. The van der Waals surface area contributed by atoms with E-state index < -0.39 is 0 Å². The van der Waals surface area contributed by atoms with Gasteiger partial charge in [0.05, 0.1) is 0 Å². The van der Waals surface area contributed by atoms with Crippen LogP contribution < -0.4 is 51.4 Å². The van der Waals surface area contributed by atoms with Gasteiger partial charge in [-0.3, -0.25) is 0 Å². The second-order valence-corrected chi connectivity index (χ2v) is 2.73. The Labute approximate surface area is 123 Å². The predicted octanol–water partition coefficient (Wildman–Crippen LogP) is 0.470. The van der Waals surface area contributed by atoms with Crippen molar-refractivity contribution in [2.24, 2.45) is 0 Å². The molecule has 0 heterocycles. The fraction of sp³-hybridized carbons (Fsp3) is 0. The Balaban J connectivity index is 0.000000845. The van der Waals surface area contributed by atoms with Crippen LogP contribution in [-0.2, 0) is 0 Å². The van der Waals surface area contributed by atoms with Crippen LogP contribution in [0.15, 0.2) is 60.7 Å². The van der Waals surface area contributed by atoms with Gasteiger partial charge >= 0.3 is 51.4 Å². The first-order valence-corrected chi connectivity index (χ1v) is 4.07. The van der Waals surface area contributed by atoms with Crippen molar-refractivity contribution < 1.29 is 52.8 Å². The number of hydrogen-bond acceptors (Lipinski definition) is 0. The van der Waals surface area contributed by atoms with E-state index in [1.807, 2.05) is 12.1 Å². The van der Waals surface area contributed by atoms with E-state index in [4.69, 9.17) is 0 Å². The normalized spacial score (nSPS) is 8.92. The molecule has 13 heavy (non-hydrogen) atoms. The third-order valence-electron chi connectivity index (χ3n) is 1.88. The second kappa shape index (κ2) is 5.73. The molecule has 0 N–H and O–H groups in total. The summed E-state index contributed by atoms with van der Waals surface area (Å²) in [4.78, 5) is 0. The maximum atomic E-state index is 2.12. The maximum Gasteiger partial charge on any atom is 1.00 e. The van der Waals surface area contributed by atoms with Crippen LogP contribution in [0.3, 0.4) is 0 Å². The van der Waals surface area contributed by atoms with Crippen LogP contribution in [0.4, 0.5) is 0 Å². The molecule has 0 saturated heterocycles. The van der Waals surface area contributed by atoms with E-state index >= 15 is 0 Å². The molecule has 0 unspecified atom stereocenters. The van der Waals surface area contributed by atoms with Crippen molar-refractivity contribution in [1.82, 2.24) is 0 Å². The molecular formula is C12H11K. The summed E-state index contributed by atoms with van der Waals surface area (Å²) in [5.41, 5.74) is 2.55. The molecule has 0 nitrogen and oxygen atoms in total. The summed E-state index contributed by atoms with van der Waals surface area (Å²) in [6.07, 6.45) is 0. The second-order valence-electron chi connectivity index (χ2n) is 2.73. The van der Waals surface area contributed by atoms with Gasteiger partial charge in [-0.25, -0.2) is 0 Å². The topological polar surface area (TPSA) is 0 Å². The third kappa shape index (κ3) is 3.04. The van der Waals surface area contributed by atoms with E-state index in [2.05, 4.69) is 48.5 Å². The van der Waals surface area contributed by atoms with Crippen LogP contribution in [0.25, 0.3) is 11.1 Å². The van der Waals surface area contributed by atoms with Crippen molar-refractivity contribution in [3.05, 3.63) is 60.7 Å². The molecule has 0 aromatic heterocycles. The van der Waals surface area contributed by atoms with Gasteiger partial charge in [-0.05, 0) is 11.1 Å². The molecule has 0 fully saturated rings. The molecule has 2 rings (SSSR count). The van der Waals surface area contributed by atoms with Gasteiger partial charge < -0.3 is 1.43 Å². The summed E-state index contributed by atoms with van der Waals surface area (Å²) in [5.74, 6) is 0. The fourth-order valence-corrected chi connectivity index (χ4v) is 1.26. The SMILES string of the molecule is [H-].[K+].c1ccc(-c2ccccc2)cc1. The van der Waals surface area contributed by atoms with E-state index in [0.717, 1.165) is 0 Å². The van der Waals surface area contributed by atoms with Crippen molar-refractivity contribution in [1.29, 1.82) is 0 Å². The molecule has 0 spiro atoms. The number of benzene rings is 2. The van der Waals surface area contributed by atoms with E-state index in [0.29, 0.717) is 0 Å². The molecular weight excluding hydrogens is 183 g/mol.